The molecule has 2 rings (SSSR count). The molecule has 2 aromatic rings. The zero-order chi connectivity index (χ0) is 19.1. The molecule has 0 amide bonds. The van der Waals surface area contributed by atoms with E-state index in [9.17, 15) is 10.5 Å². The standard InChI is InChI=1S/C22H26N2O2/c1-5-19(6-2)25-21-11-15-9-17(13-23)18(14-24)10-16(15)12-22(21)26-20(7-3)8-4/h9-12,19-20H,5-8H2,1-4H3. The van der Waals surface area contributed by atoms with Crippen LogP contribution in [0, 0.1) is 22.7 Å². The van der Waals surface area contributed by atoms with E-state index < -0.39 is 0 Å². The van der Waals surface area contributed by atoms with Gasteiger partial charge in [0.05, 0.1) is 23.3 Å². The first-order chi connectivity index (χ1) is 12.6. The maximum absolute atomic E-state index is 9.28. The minimum absolute atomic E-state index is 0.116. The van der Waals surface area contributed by atoms with Crippen LogP contribution in [0.4, 0.5) is 0 Å². The molecule has 0 unspecified atom stereocenters. The predicted octanol–water partition coefficient (Wildman–Crippen LogP) is 5.72. The highest BCUT2D eigenvalue weighted by atomic mass is 16.5. The highest BCUT2D eigenvalue weighted by Crippen LogP contribution is 2.36. The topological polar surface area (TPSA) is 66.0 Å². The van der Waals surface area contributed by atoms with Crippen molar-refractivity contribution in [3.8, 4) is 23.6 Å². The van der Waals surface area contributed by atoms with Gasteiger partial charge in [0.15, 0.2) is 11.5 Å². The van der Waals surface area contributed by atoms with Crippen molar-refractivity contribution in [2.45, 2.75) is 65.6 Å². The minimum Gasteiger partial charge on any atom is -0.487 e. The molecule has 26 heavy (non-hydrogen) atoms. The molecule has 0 aromatic heterocycles. The molecule has 0 radical (unpaired) electrons. The van der Waals surface area contributed by atoms with Crippen molar-refractivity contribution in [3.05, 3.63) is 35.4 Å². The lowest BCUT2D eigenvalue weighted by atomic mass is 10.0. The zero-order valence-electron chi connectivity index (χ0n) is 16.0. The van der Waals surface area contributed by atoms with Crippen LogP contribution in [0.1, 0.15) is 64.5 Å². The van der Waals surface area contributed by atoms with E-state index in [0.717, 1.165) is 36.5 Å². The third-order valence-electron chi connectivity index (χ3n) is 4.69. The Morgan fingerprint density at radius 3 is 1.31 bits per heavy atom. The largest absolute Gasteiger partial charge is 0.487 e. The Labute approximate surface area is 156 Å². The zero-order valence-corrected chi connectivity index (χ0v) is 16.0. The van der Waals surface area contributed by atoms with Crippen LogP contribution in [-0.2, 0) is 0 Å². The minimum atomic E-state index is 0.116. The van der Waals surface area contributed by atoms with Crippen LogP contribution in [0.15, 0.2) is 24.3 Å². The van der Waals surface area contributed by atoms with E-state index in [-0.39, 0.29) is 12.2 Å². The van der Waals surface area contributed by atoms with Gasteiger partial charge in [-0.3, -0.25) is 0 Å². The Hall–Kier alpha value is -2.72. The average Bonchev–Trinajstić information content (AvgIpc) is 2.68. The van der Waals surface area contributed by atoms with Crippen molar-refractivity contribution in [2.75, 3.05) is 0 Å². The van der Waals surface area contributed by atoms with Gasteiger partial charge in [-0.1, -0.05) is 27.7 Å². The second-order valence-electron chi connectivity index (χ2n) is 6.38. The Balaban J connectivity index is 2.59. The maximum Gasteiger partial charge on any atom is 0.162 e. The van der Waals surface area contributed by atoms with E-state index in [1.165, 1.54) is 0 Å². The first-order valence-corrected chi connectivity index (χ1v) is 9.35. The van der Waals surface area contributed by atoms with Gasteiger partial charge in [-0.15, -0.1) is 0 Å². The van der Waals surface area contributed by atoms with E-state index in [1.54, 1.807) is 12.1 Å². The summed E-state index contributed by atoms with van der Waals surface area (Å²) in [6.45, 7) is 8.40. The SMILES string of the molecule is CCC(CC)Oc1cc2cc(C#N)c(C#N)cc2cc1OC(CC)CC. The van der Waals surface area contributed by atoms with E-state index in [2.05, 4.69) is 39.8 Å². The molecule has 0 spiro atoms. The quantitative estimate of drug-likeness (QED) is 0.611. The molecule has 4 heteroatoms. The summed E-state index contributed by atoms with van der Waals surface area (Å²) in [5.41, 5.74) is 0.754. The molecule has 0 aliphatic carbocycles. The van der Waals surface area contributed by atoms with Gasteiger partial charge < -0.3 is 9.47 Å². The molecule has 0 saturated heterocycles. The van der Waals surface area contributed by atoms with E-state index in [0.29, 0.717) is 22.6 Å². The van der Waals surface area contributed by atoms with Gasteiger partial charge in [0.2, 0.25) is 0 Å². The number of hydrogen-bond acceptors (Lipinski definition) is 4. The number of nitriles is 2. The van der Waals surface area contributed by atoms with Crippen LogP contribution in [0.2, 0.25) is 0 Å². The summed E-state index contributed by atoms with van der Waals surface area (Å²) < 4.78 is 12.4. The molecule has 0 atom stereocenters. The van der Waals surface area contributed by atoms with Gasteiger partial charge in [-0.25, -0.2) is 0 Å². The molecule has 0 fully saturated rings. The molecule has 0 aliphatic heterocycles. The summed E-state index contributed by atoms with van der Waals surface area (Å²) in [7, 11) is 0. The summed E-state index contributed by atoms with van der Waals surface area (Å²) in [5.74, 6) is 1.40. The average molecular weight is 350 g/mol. The highest BCUT2D eigenvalue weighted by molar-refractivity contribution is 5.89. The molecule has 0 bridgehead atoms. The summed E-state index contributed by atoms with van der Waals surface area (Å²) in [6.07, 6.45) is 3.88. The van der Waals surface area contributed by atoms with Crippen molar-refractivity contribution >= 4 is 10.8 Å². The van der Waals surface area contributed by atoms with Crippen molar-refractivity contribution in [1.29, 1.82) is 10.5 Å². The highest BCUT2D eigenvalue weighted by Gasteiger charge is 2.16. The first kappa shape index (κ1) is 19.6. The third kappa shape index (κ3) is 4.27. The predicted molar refractivity (Wildman–Crippen MR) is 103 cm³/mol. The van der Waals surface area contributed by atoms with Crippen LogP contribution in [-0.4, -0.2) is 12.2 Å². The van der Waals surface area contributed by atoms with E-state index >= 15 is 0 Å². The Kier molecular flexibility index (Phi) is 6.87. The number of benzene rings is 2. The van der Waals surface area contributed by atoms with E-state index in [1.807, 2.05) is 12.1 Å². The van der Waals surface area contributed by atoms with Crippen molar-refractivity contribution in [1.82, 2.24) is 0 Å². The lowest BCUT2D eigenvalue weighted by molar-refractivity contribution is 0.156. The van der Waals surface area contributed by atoms with Crippen LogP contribution in [0.3, 0.4) is 0 Å². The molecule has 4 nitrogen and oxygen atoms in total. The summed E-state index contributed by atoms with van der Waals surface area (Å²) in [4.78, 5) is 0. The van der Waals surface area contributed by atoms with Gasteiger partial charge in [-0.05, 0) is 60.7 Å². The maximum atomic E-state index is 9.28. The third-order valence-corrected chi connectivity index (χ3v) is 4.69. The van der Waals surface area contributed by atoms with Crippen molar-refractivity contribution in [3.63, 3.8) is 0 Å². The van der Waals surface area contributed by atoms with Gasteiger partial charge in [0.25, 0.3) is 0 Å². The molecular weight excluding hydrogens is 324 g/mol. The molecule has 0 heterocycles. The normalized spacial score (nSPS) is 10.8. The Bertz CT molecular complexity index is 767. The summed E-state index contributed by atoms with van der Waals surface area (Å²) in [6, 6.07) is 11.5. The number of rotatable bonds is 8. The second-order valence-corrected chi connectivity index (χ2v) is 6.38. The number of hydrogen-bond donors (Lipinski definition) is 0. The molecule has 2 aromatic carbocycles. The van der Waals surface area contributed by atoms with Gasteiger partial charge in [0, 0.05) is 0 Å². The van der Waals surface area contributed by atoms with Crippen molar-refractivity contribution < 1.29 is 9.47 Å². The van der Waals surface area contributed by atoms with E-state index in [4.69, 9.17) is 9.47 Å². The Morgan fingerprint density at radius 2 is 1.04 bits per heavy atom. The smallest absolute Gasteiger partial charge is 0.162 e. The van der Waals surface area contributed by atoms with Gasteiger partial charge in [0.1, 0.15) is 12.1 Å². The fourth-order valence-corrected chi connectivity index (χ4v) is 2.95. The lowest BCUT2D eigenvalue weighted by Crippen LogP contribution is -2.17. The fourth-order valence-electron chi connectivity index (χ4n) is 2.95. The number of ether oxygens (including phenoxy) is 2. The monoisotopic (exact) mass is 350 g/mol. The number of fused-ring (bicyclic) bond motifs is 1. The molecule has 0 N–H and O–H groups in total. The molecular formula is C22H26N2O2. The first-order valence-electron chi connectivity index (χ1n) is 9.35. The van der Waals surface area contributed by atoms with Crippen LogP contribution < -0.4 is 9.47 Å². The number of nitrogens with zero attached hydrogens (tertiary/aromatic N) is 2. The Morgan fingerprint density at radius 1 is 0.692 bits per heavy atom. The summed E-state index contributed by atoms with van der Waals surface area (Å²) in [5, 5.41) is 20.3. The van der Waals surface area contributed by atoms with Crippen LogP contribution in [0.25, 0.3) is 10.8 Å². The van der Waals surface area contributed by atoms with Crippen LogP contribution >= 0.6 is 0 Å². The van der Waals surface area contributed by atoms with Crippen molar-refractivity contribution in [2.24, 2.45) is 0 Å². The van der Waals surface area contributed by atoms with Gasteiger partial charge >= 0.3 is 0 Å². The fraction of sp³-hybridized carbons (Fsp3) is 0.455. The molecule has 136 valence electrons. The van der Waals surface area contributed by atoms with Crippen LogP contribution in [0.5, 0.6) is 11.5 Å². The summed E-state index contributed by atoms with van der Waals surface area (Å²) >= 11 is 0. The molecule has 0 aliphatic rings. The van der Waals surface area contributed by atoms with Gasteiger partial charge in [-0.2, -0.15) is 10.5 Å². The molecule has 0 saturated carbocycles. The second kappa shape index (κ2) is 9.11. The lowest BCUT2D eigenvalue weighted by Gasteiger charge is -2.22.